The van der Waals surface area contributed by atoms with Crippen LogP contribution in [0, 0.1) is 10.1 Å². The van der Waals surface area contributed by atoms with Gasteiger partial charge >= 0.3 is 0 Å². The normalized spacial score (nSPS) is 13.4. The molecule has 1 amide bonds. The van der Waals surface area contributed by atoms with Crippen molar-refractivity contribution in [2.75, 3.05) is 18.5 Å². The van der Waals surface area contributed by atoms with Crippen LogP contribution in [0.25, 0.3) is 0 Å². The van der Waals surface area contributed by atoms with E-state index in [1.54, 1.807) is 0 Å². The van der Waals surface area contributed by atoms with Crippen LogP contribution in [0.4, 0.5) is 11.4 Å². The molecule has 2 N–H and O–H groups in total. The third-order valence-corrected chi connectivity index (χ3v) is 6.25. The van der Waals surface area contributed by atoms with Gasteiger partial charge in [0.2, 0.25) is 10.0 Å². The first kappa shape index (κ1) is 24.5. The number of nitro benzene ring substituents is 1. The topological polar surface area (TPSA) is 137 Å². The van der Waals surface area contributed by atoms with E-state index in [-0.39, 0.29) is 39.4 Å². The maximum Gasteiger partial charge on any atom is 0.296 e. The van der Waals surface area contributed by atoms with Gasteiger partial charge in [-0.2, -0.15) is 0 Å². The fourth-order valence-electron chi connectivity index (χ4n) is 2.94. The number of hydrogen-bond acceptors (Lipinski definition) is 7. The second-order valence-electron chi connectivity index (χ2n) is 7.65. The lowest BCUT2D eigenvalue weighted by Gasteiger charge is -2.15. The second-order valence-corrected chi connectivity index (χ2v) is 9.36. The lowest BCUT2D eigenvalue weighted by Crippen LogP contribution is -2.26. The molecule has 0 heterocycles. The first-order chi connectivity index (χ1) is 15.7. The Kier molecular flexibility index (Phi) is 7.88. The summed E-state index contributed by atoms with van der Waals surface area (Å²) in [5.41, 5.74) is -0.396. The van der Waals surface area contributed by atoms with Crippen LogP contribution in [0.2, 0.25) is 0 Å². The monoisotopic (exact) mass is 477 g/mol. The molecule has 0 aromatic heterocycles. The van der Waals surface area contributed by atoms with Gasteiger partial charge in [-0.3, -0.25) is 14.9 Å². The third-order valence-electron chi connectivity index (χ3n) is 4.74. The number of nitrogens with one attached hydrogen (secondary N) is 2. The Balaban J connectivity index is 1.90. The standard InChI is InChI=1S/C22H27N3O7S/c1-3-10-31-20-13-18(19(25(27)28)14-21(20)32-11-4-2)23-22(26)15-6-5-7-17(12-15)33(29,30)24-16-8-9-16/h5-7,12-14,16,24H,3-4,8-11H2,1-2H3,(H,23,26). The molecule has 33 heavy (non-hydrogen) atoms. The van der Waals surface area contributed by atoms with E-state index in [0.29, 0.717) is 26.1 Å². The molecule has 0 radical (unpaired) electrons. The van der Waals surface area contributed by atoms with Crippen LogP contribution in [0.15, 0.2) is 41.3 Å². The summed E-state index contributed by atoms with van der Waals surface area (Å²) in [6.45, 7) is 4.53. The molecule has 0 spiro atoms. The molecule has 0 atom stereocenters. The van der Waals surface area contributed by atoms with Crippen LogP contribution < -0.4 is 19.5 Å². The fourth-order valence-corrected chi connectivity index (χ4v) is 4.29. The molecule has 1 aliphatic carbocycles. The molecule has 11 heteroatoms. The number of carbonyl (C=O) groups excluding carboxylic acids is 1. The van der Waals surface area contributed by atoms with Gasteiger partial charge in [-0.25, -0.2) is 13.1 Å². The Bertz CT molecular complexity index is 1130. The molecule has 3 rings (SSSR count). The maximum absolute atomic E-state index is 12.9. The molecule has 1 fully saturated rings. The number of nitro groups is 1. The Morgan fingerprint density at radius 2 is 1.73 bits per heavy atom. The molecule has 0 saturated heterocycles. The molecule has 10 nitrogen and oxygen atoms in total. The summed E-state index contributed by atoms with van der Waals surface area (Å²) in [6.07, 6.45) is 2.98. The molecular weight excluding hydrogens is 450 g/mol. The van der Waals surface area contributed by atoms with Crippen molar-refractivity contribution in [2.45, 2.75) is 50.5 Å². The predicted molar refractivity (Wildman–Crippen MR) is 122 cm³/mol. The van der Waals surface area contributed by atoms with E-state index in [9.17, 15) is 23.3 Å². The van der Waals surface area contributed by atoms with Gasteiger partial charge in [-0.15, -0.1) is 0 Å². The number of anilines is 1. The molecule has 2 aromatic carbocycles. The number of nitrogens with zero attached hydrogens (tertiary/aromatic N) is 1. The van der Waals surface area contributed by atoms with Crippen LogP contribution in [0.5, 0.6) is 11.5 Å². The van der Waals surface area contributed by atoms with Gasteiger partial charge < -0.3 is 14.8 Å². The fraction of sp³-hybridized carbons (Fsp3) is 0.409. The number of benzene rings is 2. The van der Waals surface area contributed by atoms with Crippen LogP contribution >= 0.6 is 0 Å². The van der Waals surface area contributed by atoms with Crippen molar-refractivity contribution >= 4 is 27.3 Å². The average molecular weight is 478 g/mol. The van der Waals surface area contributed by atoms with Crippen molar-refractivity contribution < 1.29 is 27.6 Å². The smallest absolute Gasteiger partial charge is 0.296 e. The third kappa shape index (κ3) is 6.42. The van der Waals surface area contributed by atoms with E-state index in [0.717, 1.165) is 12.8 Å². The number of sulfonamides is 1. The zero-order chi connectivity index (χ0) is 24.0. The minimum absolute atomic E-state index is 0.0466. The van der Waals surface area contributed by atoms with Crippen molar-refractivity contribution in [3.05, 3.63) is 52.1 Å². The molecular formula is C22H27N3O7S. The van der Waals surface area contributed by atoms with Crippen LogP contribution in [-0.2, 0) is 10.0 Å². The number of rotatable bonds is 12. The molecule has 178 valence electrons. The Labute approximate surface area is 192 Å². The van der Waals surface area contributed by atoms with Crippen molar-refractivity contribution in [3.63, 3.8) is 0 Å². The summed E-state index contributed by atoms with van der Waals surface area (Å²) < 4.78 is 38.7. The highest BCUT2D eigenvalue weighted by molar-refractivity contribution is 7.89. The minimum Gasteiger partial charge on any atom is -0.490 e. The number of hydrogen-bond donors (Lipinski definition) is 2. The highest BCUT2D eigenvalue weighted by atomic mass is 32.2. The van der Waals surface area contributed by atoms with Gasteiger partial charge in [0, 0.05) is 17.7 Å². The Morgan fingerprint density at radius 1 is 1.09 bits per heavy atom. The number of amides is 1. The summed E-state index contributed by atoms with van der Waals surface area (Å²) in [5, 5.41) is 14.2. The first-order valence-corrected chi connectivity index (χ1v) is 12.2. The van der Waals surface area contributed by atoms with E-state index < -0.39 is 20.9 Å². The van der Waals surface area contributed by atoms with Crippen molar-refractivity contribution in [2.24, 2.45) is 0 Å². The molecule has 2 aromatic rings. The number of carbonyl (C=O) groups is 1. The van der Waals surface area contributed by atoms with Crippen molar-refractivity contribution in [1.29, 1.82) is 0 Å². The van der Waals surface area contributed by atoms with E-state index in [4.69, 9.17) is 9.47 Å². The Morgan fingerprint density at radius 3 is 2.30 bits per heavy atom. The molecule has 1 saturated carbocycles. The van der Waals surface area contributed by atoms with Gasteiger partial charge in [-0.1, -0.05) is 19.9 Å². The van der Waals surface area contributed by atoms with E-state index >= 15 is 0 Å². The van der Waals surface area contributed by atoms with Crippen molar-refractivity contribution in [1.82, 2.24) is 4.72 Å². The zero-order valence-electron chi connectivity index (χ0n) is 18.5. The highest BCUT2D eigenvalue weighted by Gasteiger charge is 2.28. The minimum atomic E-state index is -3.75. The van der Waals surface area contributed by atoms with Crippen LogP contribution in [-0.4, -0.2) is 38.5 Å². The van der Waals surface area contributed by atoms with Crippen LogP contribution in [0.3, 0.4) is 0 Å². The summed E-state index contributed by atoms with van der Waals surface area (Å²) in [7, 11) is -3.75. The SMILES string of the molecule is CCCOc1cc(NC(=O)c2cccc(S(=O)(=O)NC3CC3)c2)c([N+](=O)[O-])cc1OCCC. The summed E-state index contributed by atoms with van der Waals surface area (Å²) >= 11 is 0. The first-order valence-electron chi connectivity index (χ1n) is 10.8. The van der Waals surface area contributed by atoms with Crippen molar-refractivity contribution in [3.8, 4) is 11.5 Å². The number of ether oxygens (including phenoxy) is 2. The van der Waals surface area contributed by atoms with Gasteiger partial charge in [0.05, 0.1) is 29.1 Å². The van der Waals surface area contributed by atoms with Gasteiger partial charge in [0.25, 0.3) is 11.6 Å². The van der Waals surface area contributed by atoms with Gasteiger partial charge in [0.15, 0.2) is 11.5 Å². The lowest BCUT2D eigenvalue weighted by atomic mass is 10.2. The van der Waals surface area contributed by atoms with Gasteiger partial charge in [-0.05, 0) is 43.9 Å². The maximum atomic E-state index is 12.9. The largest absolute Gasteiger partial charge is 0.490 e. The predicted octanol–water partition coefficient (Wildman–Crippen LogP) is 3.87. The van der Waals surface area contributed by atoms with E-state index in [1.807, 2.05) is 13.8 Å². The average Bonchev–Trinajstić information content (AvgIpc) is 3.60. The lowest BCUT2D eigenvalue weighted by molar-refractivity contribution is -0.384. The van der Waals surface area contributed by atoms with Gasteiger partial charge in [0.1, 0.15) is 5.69 Å². The second kappa shape index (κ2) is 10.6. The quantitative estimate of drug-likeness (QED) is 0.350. The highest BCUT2D eigenvalue weighted by Crippen LogP contribution is 2.38. The van der Waals surface area contributed by atoms with Crippen LogP contribution in [0.1, 0.15) is 49.9 Å². The van der Waals surface area contributed by atoms with E-state index in [2.05, 4.69) is 10.0 Å². The summed E-state index contributed by atoms with van der Waals surface area (Å²) in [6, 6.07) is 8.00. The Hall–Kier alpha value is -3.18. The summed E-state index contributed by atoms with van der Waals surface area (Å²) in [5.74, 6) is -0.198. The molecule has 0 bridgehead atoms. The molecule has 1 aliphatic rings. The zero-order valence-corrected chi connectivity index (χ0v) is 19.3. The summed E-state index contributed by atoms with van der Waals surface area (Å²) in [4.78, 5) is 23.8. The molecule has 0 unspecified atom stereocenters. The van der Waals surface area contributed by atoms with E-state index in [1.165, 1.54) is 36.4 Å². The molecule has 0 aliphatic heterocycles.